The highest BCUT2D eigenvalue weighted by Gasteiger charge is 2.29. The fourth-order valence-corrected chi connectivity index (χ4v) is 2.49. The van der Waals surface area contributed by atoms with Crippen LogP contribution >= 0.6 is 0 Å². The second-order valence-corrected chi connectivity index (χ2v) is 5.93. The molecule has 10 heteroatoms. The van der Waals surface area contributed by atoms with Crippen molar-refractivity contribution in [2.24, 2.45) is 5.73 Å². The minimum Gasteiger partial charge on any atom is -0.462 e. The van der Waals surface area contributed by atoms with Gasteiger partial charge in [0.05, 0.1) is 6.61 Å². The lowest BCUT2D eigenvalue weighted by atomic mass is 10.1. The third kappa shape index (κ3) is 5.64. The van der Waals surface area contributed by atoms with Crippen LogP contribution < -0.4 is 16.4 Å². The predicted octanol–water partition coefficient (Wildman–Crippen LogP) is 2.36. The Morgan fingerprint density at radius 1 is 1.03 bits per heavy atom. The summed E-state index contributed by atoms with van der Waals surface area (Å²) in [6.45, 7) is 3.09. The van der Waals surface area contributed by atoms with Gasteiger partial charge in [0.15, 0.2) is 0 Å². The SMILES string of the molecule is CCOC(=O)c1c(C)oc(NC(=O)CCC(=O)Nc2ccc(F)cc2)c1C(N)=O. The number of amides is 3. The van der Waals surface area contributed by atoms with E-state index in [0.29, 0.717) is 5.69 Å². The van der Waals surface area contributed by atoms with Crippen molar-refractivity contribution in [1.82, 2.24) is 0 Å². The van der Waals surface area contributed by atoms with Gasteiger partial charge in [0.1, 0.15) is 22.7 Å². The largest absolute Gasteiger partial charge is 0.462 e. The lowest BCUT2D eigenvalue weighted by Crippen LogP contribution is -2.21. The van der Waals surface area contributed by atoms with Gasteiger partial charge in [0.25, 0.3) is 5.91 Å². The number of carbonyl (C=O) groups is 4. The first kappa shape index (κ1) is 21.6. The molecule has 0 saturated heterocycles. The van der Waals surface area contributed by atoms with Crippen molar-refractivity contribution in [1.29, 1.82) is 0 Å². The Morgan fingerprint density at radius 2 is 1.62 bits per heavy atom. The van der Waals surface area contributed by atoms with Gasteiger partial charge in [-0.05, 0) is 38.1 Å². The molecular weight excluding hydrogens is 385 g/mol. The summed E-state index contributed by atoms with van der Waals surface area (Å²) in [5, 5.41) is 4.85. The van der Waals surface area contributed by atoms with E-state index in [4.69, 9.17) is 14.9 Å². The summed E-state index contributed by atoms with van der Waals surface area (Å²) in [5.74, 6) is -3.56. The summed E-state index contributed by atoms with van der Waals surface area (Å²) in [4.78, 5) is 47.8. The summed E-state index contributed by atoms with van der Waals surface area (Å²) >= 11 is 0. The van der Waals surface area contributed by atoms with Gasteiger partial charge in [-0.1, -0.05) is 0 Å². The number of esters is 1. The number of halogens is 1. The topological polar surface area (TPSA) is 141 Å². The number of ether oxygens (including phenoxy) is 1. The monoisotopic (exact) mass is 405 g/mol. The molecule has 0 aliphatic rings. The average molecular weight is 405 g/mol. The van der Waals surface area contributed by atoms with Crippen LogP contribution in [0.2, 0.25) is 0 Å². The van der Waals surface area contributed by atoms with Crippen molar-refractivity contribution >= 4 is 35.3 Å². The summed E-state index contributed by atoms with van der Waals surface area (Å²) in [6.07, 6.45) is -0.417. The van der Waals surface area contributed by atoms with Crippen LogP contribution in [0.5, 0.6) is 0 Å². The van der Waals surface area contributed by atoms with Crippen molar-refractivity contribution in [3.8, 4) is 0 Å². The molecule has 0 bridgehead atoms. The van der Waals surface area contributed by atoms with E-state index in [2.05, 4.69) is 10.6 Å². The standard InChI is InChI=1S/C19H20FN3O6/c1-3-28-19(27)15-10(2)29-18(16(15)17(21)26)23-14(25)9-8-13(24)22-12-6-4-11(20)5-7-12/h4-7H,3,8-9H2,1-2H3,(H2,21,26)(H,22,24)(H,23,25). The van der Waals surface area contributed by atoms with E-state index in [1.807, 2.05) is 0 Å². The summed E-state index contributed by atoms with van der Waals surface area (Å²) in [6, 6.07) is 5.14. The highest BCUT2D eigenvalue weighted by molar-refractivity contribution is 6.10. The molecule has 2 rings (SSSR count). The van der Waals surface area contributed by atoms with Crippen LogP contribution in [-0.4, -0.2) is 30.3 Å². The molecule has 0 atom stereocenters. The Labute approximate surface area is 165 Å². The maximum Gasteiger partial charge on any atom is 0.342 e. The number of carbonyl (C=O) groups excluding carboxylic acids is 4. The number of nitrogens with one attached hydrogen (secondary N) is 2. The van der Waals surface area contributed by atoms with Gasteiger partial charge in [0, 0.05) is 18.5 Å². The van der Waals surface area contributed by atoms with Gasteiger partial charge in [-0.2, -0.15) is 0 Å². The van der Waals surface area contributed by atoms with E-state index in [-0.39, 0.29) is 42.2 Å². The van der Waals surface area contributed by atoms with E-state index < -0.39 is 29.5 Å². The number of aryl methyl sites for hydroxylation is 1. The fourth-order valence-electron chi connectivity index (χ4n) is 2.49. The van der Waals surface area contributed by atoms with Crippen LogP contribution in [0.15, 0.2) is 28.7 Å². The first-order valence-corrected chi connectivity index (χ1v) is 8.68. The molecule has 0 spiro atoms. The van der Waals surface area contributed by atoms with Crippen molar-refractivity contribution in [3.63, 3.8) is 0 Å². The molecule has 0 radical (unpaired) electrons. The zero-order chi connectivity index (χ0) is 21.6. The van der Waals surface area contributed by atoms with Crippen LogP contribution in [0, 0.1) is 12.7 Å². The summed E-state index contributed by atoms with van der Waals surface area (Å²) in [5.41, 5.74) is 5.23. The number of nitrogens with two attached hydrogens (primary N) is 1. The highest BCUT2D eigenvalue weighted by Crippen LogP contribution is 2.27. The first-order chi connectivity index (χ1) is 13.7. The molecule has 29 heavy (non-hydrogen) atoms. The van der Waals surface area contributed by atoms with Gasteiger partial charge >= 0.3 is 5.97 Å². The Hall–Kier alpha value is -3.69. The van der Waals surface area contributed by atoms with Crippen molar-refractivity contribution in [3.05, 3.63) is 47.0 Å². The van der Waals surface area contributed by atoms with Gasteiger partial charge in [-0.25, -0.2) is 9.18 Å². The smallest absolute Gasteiger partial charge is 0.342 e. The first-order valence-electron chi connectivity index (χ1n) is 8.68. The van der Waals surface area contributed by atoms with E-state index in [9.17, 15) is 23.6 Å². The molecule has 2 aromatic rings. The van der Waals surface area contributed by atoms with E-state index in [1.165, 1.54) is 31.2 Å². The minimum absolute atomic E-state index is 0.0570. The molecule has 0 aliphatic heterocycles. The third-order valence-corrected chi connectivity index (χ3v) is 3.77. The molecule has 3 amide bonds. The normalized spacial score (nSPS) is 10.3. The van der Waals surface area contributed by atoms with Crippen molar-refractivity contribution in [2.75, 3.05) is 17.2 Å². The van der Waals surface area contributed by atoms with Crippen LogP contribution in [0.3, 0.4) is 0 Å². The van der Waals surface area contributed by atoms with Crippen LogP contribution in [0.4, 0.5) is 16.0 Å². The number of anilines is 2. The highest BCUT2D eigenvalue weighted by atomic mass is 19.1. The number of primary amides is 1. The van der Waals surface area contributed by atoms with Crippen molar-refractivity contribution in [2.45, 2.75) is 26.7 Å². The van der Waals surface area contributed by atoms with Gasteiger partial charge in [-0.3, -0.25) is 19.7 Å². The molecular formula is C19H20FN3O6. The maximum atomic E-state index is 12.9. The maximum absolute atomic E-state index is 12.9. The van der Waals surface area contributed by atoms with Crippen molar-refractivity contribution < 1.29 is 32.7 Å². The van der Waals surface area contributed by atoms with Crippen LogP contribution in [-0.2, 0) is 14.3 Å². The Bertz CT molecular complexity index is 936. The van der Waals surface area contributed by atoms with Gasteiger partial charge in [-0.15, -0.1) is 0 Å². The molecule has 1 aromatic heterocycles. The third-order valence-electron chi connectivity index (χ3n) is 3.77. The lowest BCUT2D eigenvalue weighted by Gasteiger charge is -2.06. The minimum atomic E-state index is -0.978. The van der Waals surface area contributed by atoms with E-state index in [1.54, 1.807) is 6.92 Å². The average Bonchev–Trinajstić information content (AvgIpc) is 2.98. The molecule has 9 nitrogen and oxygen atoms in total. The number of hydrogen-bond donors (Lipinski definition) is 3. The second kappa shape index (κ2) is 9.49. The molecule has 1 aromatic carbocycles. The van der Waals surface area contributed by atoms with Crippen LogP contribution in [0.25, 0.3) is 0 Å². The Balaban J connectivity index is 2.02. The number of benzene rings is 1. The molecule has 0 saturated carbocycles. The second-order valence-electron chi connectivity index (χ2n) is 5.93. The quantitative estimate of drug-likeness (QED) is 0.576. The van der Waals surface area contributed by atoms with Gasteiger partial charge in [0.2, 0.25) is 17.7 Å². The lowest BCUT2D eigenvalue weighted by molar-refractivity contribution is -0.121. The Morgan fingerprint density at radius 3 is 2.17 bits per heavy atom. The molecule has 0 fully saturated rings. The summed E-state index contributed by atoms with van der Waals surface area (Å²) in [7, 11) is 0. The van der Waals surface area contributed by atoms with Crippen LogP contribution in [0.1, 0.15) is 46.2 Å². The number of hydrogen-bond acceptors (Lipinski definition) is 6. The molecule has 4 N–H and O–H groups in total. The number of furan rings is 1. The summed E-state index contributed by atoms with van der Waals surface area (Å²) < 4.78 is 23.0. The predicted molar refractivity (Wildman–Crippen MR) is 101 cm³/mol. The molecule has 0 aliphatic carbocycles. The van der Waals surface area contributed by atoms with E-state index in [0.717, 1.165) is 0 Å². The molecule has 0 unspecified atom stereocenters. The zero-order valence-corrected chi connectivity index (χ0v) is 15.8. The molecule has 154 valence electrons. The van der Waals surface area contributed by atoms with E-state index >= 15 is 0 Å². The van der Waals surface area contributed by atoms with Gasteiger partial charge < -0.3 is 20.2 Å². The Kier molecular flexibility index (Phi) is 7.07. The molecule has 1 heterocycles. The zero-order valence-electron chi connectivity index (χ0n) is 15.8. The number of rotatable bonds is 8. The fraction of sp³-hybridized carbons (Fsp3) is 0.263.